The highest BCUT2D eigenvalue weighted by atomic mass is 32.9. The number of thioether (sulfide) groups is 3. The lowest BCUT2D eigenvalue weighted by Crippen LogP contribution is -2.32. The van der Waals surface area contributed by atoms with Crippen LogP contribution in [0.1, 0.15) is 18.9 Å². The average Bonchev–Trinajstić information content (AvgIpc) is 3.58. The summed E-state index contributed by atoms with van der Waals surface area (Å²) < 4.78 is 7.98. The van der Waals surface area contributed by atoms with E-state index in [0.717, 1.165) is 46.5 Å². The van der Waals surface area contributed by atoms with Gasteiger partial charge in [-0.25, -0.2) is 0 Å². The van der Waals surface area contributed by atoms with Crippen LogP contribution in [0.2, 0.25) is 0 Å². The van der Waals surface area contributed by atoms with E-state index in [1.54, 1.807) is 7.11 Å². The van der Waals surface area contributed by atoms with Crippen LogP contribution in [0.4, 0.5) is 5.69 Å². The molecule has 0 spiro atoms. The summed E-state index contributed by atoms with van der Waals surface area (Å²) in [5.74, 6) is 0.827. The normalized spacial score (nSPS) is 19.9. The maximum atomic E-state index is 13.5. The van der Waals surface area contributed by atoms with E-state index in [0.29, 0.717) is 17.9 Å². The first-order chi connectivity index (χ1) is 16.0. The van der Waals surface area contributed by atoms with Crippen LogP contribution < -0.4 is 14.4 Å². The zero-order valence-corrected chi connectivity index (χ0v) is 22.5. The van der Waals surface area contributed by atoms with Crippen LogP contribution in [0.15, 0.2) is 71.2 Å². The Morgan fingerprint density at radius 3 is 2.70 bits per heavy atom. The number of thiocarbonyl (C=S) groups is 1. The molecule has 168 valence electrons. The fourth-order valence-corrected chi connectivity index (χ4v) is 10.5. The zero-order valence-electron chi connectivity index (χ0n) is 17.6. The molecule has 0 unspecified atom stereocenters. The Kier molecular flexibility index (Phi) is 6.74. The van der Waals surface area contributed by atoms with Crippen LogP contribution in [0, 0.1) is 0 Å². The topological polar surface area (TPSA) is 46.6 Å². The lowest BCUT2D eigenvalue weighted by atomic mass is 9.99. The van der Waals surface area contributed by atoms with Crippen molar-refractivity contribution in [2.45, 2.75) is 17.6 Å². The molecule has 0 N–H and O–H groups in total. The number of fused-ring (bicyclic) bond motifs is 1. The highest BCUT2D eigenvalue weighted by molar-refractivity contribution is 8.29. The molecule has 1 aliphatic carbocycles. The summed E-state index contributed by atoms with van der Waals surface area (Å²) in [4.78, 5) is 28.7. The number of nitrogens with zero attached hydrogens (tertiary/aromatic N) is 1. The minimum absolute atomic E-state index is 0.0410. The van der Waals surface area contributed by atoms with Crippen molar-refractivity contribution in [3.8, 4) is 5.75 Å². The number of carbonyl (C=O) groups is 1. The van der Waals surface area contributed by atoms with E-state index in [2.05, 4.69) is 0 Å². The van der Waals surface area contributed by atoms with Crippen molar-refractivity contribution in [3.05, 3.63) is 77.3 Å². The van der Waals surface area contributed by atoms with Crippen molar-refractivity contribution in [1.29, 1.82) is 0 Å². The Morgan fingerprint density at radius 1 is 1.18 bits per heavy atom. The molecule has 3 aliphatic rings. The van der Waals surface area contributed by atoms with Gasteiger partial charge in [0, 0.05) is 12.1 Å². The van der Waals surface area contributed by atoms with Crippen molar-refractivity contribution in [2.75, 3.05) is 18.6 Å². The quantitative estimate of drug-likeness (QED) is 0.227. The van der Waals surface area contributed by atoms with Crippen LogP contribution in [-0.4, -0.2) is 23.6 Å². The molecule has 33 heavy (non-hydrogen) atoms. The Balaban J connectivity index is 1.44. The summed E-state index contributed by atoms with van der Waals surface area (Å²) in [6.07, 6.45) is 4.66. The fourth-order valence-electron chi connectivity index (χ4n) is 3.76. The van der Waals surface area contributed by atoms with Gasteiger partial charge in [-0.2, -0.15) is 0 Å². The average molecular weight is 548 g/mol. The molecular formula is C23H17NO3S6. The molecule has 4 nitrogen and oxygen atoms in total. The van der Waals surface area contributed by atoms with E-state index < -0.39 is 0 Å². The van der Waals surface area contributed by atoms with E-state index in [1.807, 2.05) is 53.6 Å². The number of ketones is 1. The molecule has 5 rings (SSSR count). The number of benzene rings is 1. The molecule has 1 aromatic heterocycles. The van der Waals surface area contributed by atoms with Gasteiger partial charge in [0.05, 0.1) is 21.9 Å². The minimum atomic E-state index is 0.0410. The van der Waals surface area contributed by atoms with Crippen molar-refractivity contribution in [3.63, 3.8) is 0 Å². The highest BCUT2D eigenvalue weighted by Gasteiger charge is 2.35. The van der Waals surface area contributed by atoms with Gasteiger partial charge in [-0.3, -0.25) is 9.59 Å². The van der Waals surface area contributed by atoms with E-state index in [4.69, 9.17) is 17.0 Å². The largest absolute Gasteiger partial charge is 0.497 e. The molecule has 0 radical (unpaired) electrons. The first-order valence-electron chi connectivity index (χ1n) is 10.0. The van der Waals surface area contributed by atoms with Crippen molar-refractivity contribution >= 4 is 89.4 Å². The molecule has 0 saturated heterocycles. The predicted molar refractivity (Wildman–Crippen MR) is 149 cm³/mol. The summed E-state index contributed by atoms with van der Waals surface area (Å²) in [5.41, 5.74) is 4.34. The van der Waals surface area contributed by atoms with Crippen molar-refractivity contribution in [1.82, 2.24) is 0 Å². The van der Waals surface area contributed by atoms with Gasteiger partial charge < -0.3 is 9.64 Å². The number of hydrogen-bond acceptors (Lipinski definition) is 10. The number of methoxy groups -OCH3 is 1. The molecule has 0 fully saturated rings. The lowest BCUT2D eigenvalue weighted by molar-refractivity contribution is -0.111. The summed E-state index contributed by atoms with van der Waals surface area (Å²) in [7, 11) is 4.37. The molecule has 0 saturated carbocycles. The fraction of sp³-hybridized carbons (Fsp3) is 0.174. The first kappa shape index (κ1) is 23.2. The van der Waals surface area contributed by atoms with E-state index in [9.17, 15) is 9.59 Å². The monoisotopic (exact) mass is 547 g/mol. The lowest BCUT2D eigenvalue weighted by Gasteiger charge is -2.30. The van der Waals surface area contributed by atoms with Gasteiger partial charge in [0.2, 0.25) is 0 Å². The van der Waals surface area contributed by atoms with Gasteiger partial charge in [0.15, 0.2) is 5.78 Å². The Labute approximate surface area is 216 Å². The van der Waals surface area contributed by atoms with Gasteiger partial charge in [0.25, 0.3) is 4.74 Å². The predicted octanol–water partition coefficient (Wildman–Crippen LogP) is 6.91. The SMILES string of the molecule is CCN1/C(=C2/SC=C(C(=O)C3=C(c4ccc(OC)cc4)C=CC3)S2)C(=S)Sc2ssc(=O)c21. The summed E-state index contributed by atoms with van der Waals surface area (Å²) >= 11 is 10.2. The van der Waals surface area contributed by atoms with Gasteiger partial charge in [-0.1, -0.05) is 82.1 Å². The summed E-state index contributed by atoms with van der Waals surface area (Å²) in [6.45, 7) is 2.66. The van der Waals surface area contributed by atoms with Gasteiger partial charge in [-0.05, 0) is 52.4 Å². The van der Waals surface area contributed by atoms with Gasteiger partial charge in [0.1, 0.15) is 19.8 Å². The standard InChI is InChI=1S/C23H17NO3S6/c1-3-24-17-20(26)32-33-23(17)31-21(28)18(24)22-29-11-16(30-22)19(25)15-6-4-5-14(15)12-7-9-13(27-2)10-8-12/h4-5,7-11H,3,6H2,1-2H3/b22-18-. The molecule has 2 aromatic rings. The zero-order chi connectivity index (χ0) is 23.1. The number of rotatable bonds is 5. The Morgan fingerprint density at radius 2 is 1.97 bits per heavy atom. The molecule has 3 heterocycles. The van der Waals surface area contributed by atoms with Crippen LogP contribution in [0.3, 0.4) is 0 Å². The number of ether oxygens (including phenoxy) is 1. The van der Waals surface area contributed by atoms with Crippen LogP contribution in [0.25, 0.3) is 5.57 Å². The smallest absolute Gasteiger partial charge is 0.267 e. The molecule has 1 aromatic carbocycles. The van der Waals surface area contributed by atoms with Crippen LogP contribution >= 0.6 is 68.2 Å². The molecule has 0 atom stereocenters. The third kappa shape index (κ3) is 4.21. The third-order valence-electron chi connectivity index (χ3n) is 5.31. The number of anilines is 1. The summed E-state index contributed by atoms with van der Waals surface area (Å²) in [5, 5.41) is 1.91. The Hall–Kier alpha value is -1.56. The molecule has 0 bridgehead atoms. The van der Waals surface area contributed by atoms with Gasteiger partial charge >= 0.3 is 0 Å². The summed E-state index contributed by atoms with van der Waals surface area (Å²) in [6, 6.07) is 7.77. The van der Waals surface area contributed by atoms with E-state index in [-0.39, 0.29) is 10.5 Å². The number of allylic oxidation sites excluding steroid dienone is 5. The molecule has 0 amide bonds. The van der Waals surface area contributed by atoms with Crippen LogP contribution in [0.5, 0.6) is 5.75 Å². The second-order valence-electron chi connectivity index (χ2n) is 7.12. The maximum absolute atomic E-state index is 13.5. The Bertz CT molecular complexity index is 1340. The maximum Gasteiger partial charge on any atom is 0.267 e. The molecular weight excluding hydrogens is 531 g/mol. The molecule has 2 aliphatic heterocycles. The van der Waals surface area contributed by atoms with E-state index in [1.165, 1.54) is 56.0 Å². The van der Waals surface area contributed by atoms with Crippen LogP contribution in [-0.2, 0) is 4.79 Å². The van der Waals surface area contributed by atoms with Crippen molar-refractivity contribution in [2.24, 2.45) is 0 Å². The molecule has 10 heteroatoms. The van der Waals surface area contributed by atoms with E-state index >= 15 is 0 Å². The number of hydrogen-bond donors (Lipinski definition) is 0. The highest BCUT2D eigenvalue weighted by Crippen LogP contribution is 2.52. The number of Topliss-reactive ketones (excluding diaryl/α,β-unsaturated/α-hetero) is 1. The second-order valence-corrected chi connectivity index (χ2v) is 13.4. The second kappa shape index (κ2) is 9.59. The number of carbonyl (C=O) groups excluding carboxylic acids is 1. The first-order valence-corrected chi connectivity index (χ1v) is 15.1. The third-order valence-corrected chi connectivity index (χ3v) is 11.7. The van der Waals surface area contributed by atoms with Crippen molar-refractivity contribution < 1.29 is 9.53 Å². The van der Waals surface area contributed by atoms with Gasteiger partial charge in [-0.15, -0.1) is 0 Å². The minimum Gasteiger partial charge on any atom is -0.497 e.